The Labute approximate surface area is 92.3 Å². The van der Waals surface area contributed by atoms with Crippen molar-refractivity contribution in [2.24, 2.45) is 0 Å². The number of nitrogens with zero attached hydrogens (tertiary/aromatic N) is 2. The molecule has 3 heteroatoms. The van der Waals surface area contributed by atoms with Crippen molar-refractivity contribution in [3.05, 3.63) is 23.8 Å². The topological polar surface area (TPSA) is 37.8 Å². The molecule has 1 unspecified atom stereocenters. The lowest BCUT2D eigenvalue weighted by atomic mass is 10.1. The van der Waals surface area contributed by atoms with Crippen LogP contribution in [0.25, 0.3) is 0 Å². The lowest BCUT2D eigenvalue weighted by molar-refractivity contribution is 0.538. The lowest BCUT2D eigenvalue weighted by Gasteiger charge is -2.12. The maximum Gasteiger partial charge on any atom is 0.115 e. The van der Waals surface area contributed by atoms with E-state index in [0.717, 1.165) is 30.8 Å². The summed E-state index contributed by atoms with van der Waals surface area (Å²) in [6.45, 7) is 7.57. The third kappa shape index (κ3) is 4.38. The highest BCUT2D eigenvalue weighted by atomic mass is 14.9. The van der Waals surface area contributed by atoms with E-state index >= 15 is 0 Å². The summed E-state index contributed by atoms with van der Waals surface area (Å²) in [5.41, 5.74) is 2.26. The smallest absolute Gasteiger partial charge is 0.115 e. The fraction of sp³-hybridized carbons (Fsp3) is 0.667. The number of hydrogen-bond donors (Lipinski definition) is 1. The van der Waals surface area contributed by atoms with E-state index in [9.17, 15) is 0 Å². The second-order valence-corrected chi connectivity index (χ2v) is 3.91. The zero-order chi connectivity index (χ0) is 11.1. The molecular formula is C12H21N3. The Morgan fingerprint density at radius 3 is 2.67 bits per heavy atom. The van der Waals surface area contributed by atoms with Crippen LogP contribution in [0.1, 0.15) is 38.6 Å². The first-order chi connectivity index (χ1) is 7.26. The van der Waals surface area contributed by atoms with Gasteiger partial charge in [-0.2, -0.15) is 0 Å². The van der Waals surface area contributed by atoms with Crippen molar-refractivity contribution in [2.45, 2.75) is 46.1 Å². The van der Waals surface area contributed by atoms with Gasteiger partial charge < -0.3 is 5.32 Å². The molecule has 0 radical (unpaired) electrons. The predicted molar refractivity (Wildman–Crippen MR) is 62.9 cm³/mol. The number of aromatic nitrogens is 2. The molecule has 0 spiro atoms. The van der Waals surface area contributed by atoms with E-state index in [4.69, 9.17) is 0 Å². The Kier molecular flexibility index (Phi) is 5.26. The number of nitrogens with one attached hydrogen (secondary N) is 1. The van der Waals surface area contributed by atoms with Crippen LogP contribution in [-0.4, -0.2) is 22.6 Å². The number of hydrogen-bond acceptors (Lipinski definition) is 3. The molecule has 84 valence electrons. The van der Waals surface area contributed by atoms with E-state index in [1.54, 1.807) is 6.33 Å². The first-order valence-corrected chi connectivity index (χ1v) is 5.79. The van der Waals surface area contributed by atoms with Crippen LogP contribution in [0.5, 0.6) is 0 Å². The van der Waals surface area contributed by atoms with Crippen molar-refractivity contribution in [1.29, 1.82) is 0 Å². The Morgan fingerprint density at radius 2 is 2.00 bits per heavy atom. The van der Waals surface area contributed by atoms with E-state index in [1.165, 1.54) is 6.42 Å². The van der Waals surface area contributed by atoms with Gasteiger partial charge in [0, 0.05) is 23.9 Å². The highest BCUT2D eigenvalue weighted by molar-refractivity contribution is 5.09. The maximum absolute atomic E-state index is 4.28. The fourth-order valence-electron chi connectivity index (χ4n) is 1.53. The van der Waals surface area contributed by atoms with Crippen LogP contribution < -0.4 is 5.32 Å². The molecule has 0 amide bonds. The second-order valence-electron chi connectivity index (χ2n) is 3.91. The SMILES string of the molecule is CCCNC(C)Cc1cc(CC)ncn1. The van der Waals surface area contributed by atoms with Gasteiger partial charge in [-0.15, -0.1) is 0 Å². The standard InChI is InChI=1S/C12H21N3/c1-4-6-13-10(3)7-12-8-11(5-2)14-9-15-12/h8-10,13H,4-7H2,1-3H3. The van der Waals surface area contributed by atoms with Gasteiger partial charge in [-0.1, -0.05) is 13.8 Å². The third-order valence-electron chi connectivity index (χ3n) is 2.40. The Bertz CT molecular complexity index is 286. The molecule has 3 nitrogen and oxygen atoms in total. The molecule has 1 heterocycles. The zero-order valence-corrected chi connectivity index (χ0v) is 9.95. The predicted octanol–water partition coefficient (Wildman–Crippen LogP) is 1.97. The highest BCUT2D eigenvalue weighted by Crippen LogP contribution is 2.02. The lowest BCUT2D eigenvalue weighted by Crippen LogP contribution is -2.29. The second kappa shape index (κ2) is 6.51. The van der Waals surface area contributed by atoms with E-state index in [0.29, 0.717) is 6.04 Å². The first kappa shape index (κ1) is 12.1. The first-order valence-electron chi connectivity index (χ1n) is 5.79. The Hall–Kier alpha value is -0.960. The highest BCUT2D eigenvalue weighted by Gasteiger charge is 2.04. The van der Waals surface area contributed by atoms with Crippen LogP contribution in [-0.2, 0) is 12.8 Å². The van der Waals surface area contributed by atoms with Crippen LogP contribution in [0, 0.1) is 0 Å². The average Bonchev–Trinajstić information content (AvgIpc) is 2.26. The van der Waals surface area contributed by atoms with Gasteiger partial charge in [0.15, 0.2) is 0 Å². The largest absolute Gasteiger partial charge is 0.314 e. The minimum atomic E-state index is 0.490. The van der Waals surface area contributed by atoms with Gasteiger partial charge in [-0.25, -0.2) is 9.97 Å². The van der Waals surface area contributed by atoms with Crippen molar-refractivity contribution in [3.63, 3.8) is 0 Å². The molecule has 0 fully saturated rings. The van der Waals surface area contributed by atoms with Gasteiger partial charge in [0.25, 0.3) is 0 Å². The normalized spacial score (nSPS) is 12.7. The summed E-state index contributed by atoms with van der Waals surface area (Å²) in [5.74, 6) is 0. The summed E-state index contributed by atoms with van der Waals surface area (Å²) in [5, 5.41) is 3.46. The minimum Gasteiger partial charge on any atom is -0.314 e. The summed E-state index contributed by atoms with van der Waals surface area (Å²) in [4.78, 5) is 8.48. The number of aryl methyl sites for hydroxylation is 1. The van der Waals surface area contributed by atoms with Crippen molar-refractivity contribution < 1.29 is 0 Å². The zero-order valence-electron chi connectivity index (χ0n) is 9.95. The van der Waals surface area contributed by atoms with Crippen molar-refractivity contribution in [2.75, 3.05) is 6.54 Å². The van der Waals surface area contributed by atoms with Crippen molar-refractivity contribution >= 4 is 0 Å². The summed E-state index contributed by atoms with van der Waals surface area (Å²) in [6.07, 6.45) is 4.80. The quantitative estimate of drug-likeness (QED) is 0.775. The molecule has 1 aromatic heterocycles. The molecule has 0 saturated heterocycles. The summed E-state index contributed by atoms with van der Waals surface area (Å²) < 4.78 is 0. The van der Waals surface area contributed by atoms with Gasteiger partial charge >= 0.3 is 0 Å². The minimum absolute atomic E-state index is 0.490. The van der Waals surface area contributed by atoms with E-state index < -0.39 is 0 Å². The Morgan fingerprint density at radius 1 is 1.27 bits per heavy atom. The van der Waals surface area contributed by atoms with Gasteiger partial charge in [-0.3, -0.25) is 0 Å². The molecule has 1 rings (SSSR count). The third-order valence-corrected chi connectivity index (χ3v) is 2.40. The average molecular weight is 207 g/mol. The van der Waals surface area contributed by atoms with Crippen LogP contribution in [0.2, 0.25) is 0 Å². The van der Waals surface area contributed by atoms with Gasteiger partial charge in [-0.05, 0) is 32.4 Å². The van der Waals surface area contributed by atoms with Crippen molar-refractivity contribution in [1.82, 2.24) is 15.3 Å². The van der Waals surface area contributed by atoms with Crippen LogP contribution in [0.3, 0.4) is 0 Å². The molecular weight excluding hydrogens is 186 g/mol. The fourth-order valence-corrected chi connectivity index (χ4v) is 1.53. The van der Waals surface area contributed by atoms with Crippen LogP contribution >= 0.6 is 0 Å². The van der Waals surface area contributed by atoms with Crippen LogP contribution in [0.15, 0.2) is 12.4 Å². The molecule has 15 heavy (non-hydrogen) atoms. The van der Waals surface area contributed by atoms with Gasteiger partial charge in [0.2, 0.25) is 0 Å². The molecule has 0 aliphatic rings. The number of rotatable bonds is 6. The van der Waals surface area contributed by atoms with Crippen molar-refractivity contribution in [3.8, 4) is 0 Å². The van der Waals surface area contributed by atoms with E-state index in [-0.39, 0.29) is 0 Å². The molecule has 0 aliphatic carbocycles. The molecule has 0 aromatic carbocycles. The molecule has 1 aromatic rings. The van der Waals surface area contributed by atoms with Gasteiger partial charge in [0.1, 0.15) is 6.33 Å². The summed E-state index contributed by atoms with van der Waals surface area (Å²) in [6, 6.07) is 2.59. The molecule has 1 atom stereocenters. The maximum atomic E-state index is 4.28. The van der Waals surface area contributed by atoms with Gasteiger partial charge in [0.05, 0.1) is 0 Å². The molecule has 1 N–H and O–H groups in total. The summed E-state index contributed by atoms with van der Waals surface area (Å²) >= 11 is 0. The van der Waals surface area contributed by atoms with E-state index in [2.05, 4.69) is 42.1 Å². The molecule has 0 saturated carbocycles. The van der Waals surface area contributed by atoms with Crippen LogP contribution in [0.4, 0.5) is 0 Å². The Balaban J connectivity index is 2.48. The molecule has 0 aliphatic heterocycles. The van der Waals surface area contributed by atoms with E-state index in [1.807, 2.05) is 0 Å². The molecule has 0 bridgehead atoms. The summed E-state index contributed by atoms with van der Waals surface area (Å²) in [7, 11) is 0. The monoisotopic (exact) mass is 207 g/mol.